The number of fused-ring (bicyclic) bond motifs is 1. The third-order valence-electron chi connectivity index (χ3n) is 3.69. The summed E-state index contributed by atoms with van der Waals surface area (Å²) < 4.78 is 1.57. The van der Waals surface area contributed by atoms with Crippen molar-refractivity contribution < 1.29 is 9.90 Å². The van der Waals surface area contributed by atoms with Crippen LogP contribution in [0.2, 0.25) is 0 Å². The number of nitrogens with zero attached hydrogens (tertiary/aromatic N) is 2. The van der Waals surface area contributed by atoms with Gasteiger partial charge < -0.3 is 5.11 Å². The maximum Gasteiger partial charge on any atom is 0.335 e. The predicted molar refractivity (Wildman–Crippen MR) is 88.3 cm³/mol. The zero-order valence-electron chi connectivity index (χ0n) is 12.7. The van der Waals surface area contributed by atoms with Gasteiger partial charge in [-0.05, 0) is 42.8 Å². The van der Waals surface area contributed by atoms with Crippen molar-refractivity contribution in [3.63, 3.8) is 0 Å². The van der Waals surface area contributed by atoms with Crippen molar-refractivity contribution in [1.29, 1.82) is 0 Å². The van der Waals surface area contributed by atoms with Crippen molar-refractivity contribution in [3.05, 3.63) is 70.3 Å². The molecule has 1 aromatic heterocycles. The Balaban J connectivity index is 2.26. The number of aryl methyl sites for hydroxylation is 1. The van der Waals surface area contributed by atoms with Crippen LogP contribution < -0.4 is 5.56 Å². The Bertz CT molecular complexity index is 927. The van der Waals surface area contributed by atoms with E-state index in [1.165, 1.54) is 12.1 Å². The molecule has 2 aromatic carbocycles. The molecule has 0 aliphatic rings. The summed E-state index contributed by atoms with van der Waals surface area (Å²) in [5, 5.41) is 9.55. The van der Waals surface area contributed by atoms with E-state index in [2.05, 4.69) is 4.98 Å². The van der Waals surface area contributed by atoms with Gasteiger partial charge in [-0.15, -0.1) is 0 Å². The zero-order chi connectivity index (χ0) is 16.4. The van der Waals surface area contributed by atoms with Crippen LogP contribution >= 0.6 is 0 Å². The topological polar surface area (TPSA) is 72.2 Å². The van der Waals surface area contributed by atoms with Crippen LogP contribution in [0.1, 0.15) is 29.5 Å². The molecule has 116 valence electrons. The molecule has 0 spiro atoms. The molecule has 23 heavy (non-hydrogen) atoms. The number of hydrogen-bond donors (Lipinski definition) is 1. The second-order valence-corrected chi connectivity index (χ2v) is 5.29. The van der Waals surface area contributed by atoms with Crippen LogP contribution in [0.25, 0.3) is 16.6 Å². The van der Waals surface area contributed by atoms with Crippen LogP contribution in [0.5, 0.6) is 0 Å². The first kappa shape index (κ1) is 15.0. The number of hydrogen-bond acceptors (Lipinski definition) is 3. The van der Waals surface area contributed by atoms with Gasteiger partial charge in [-0.2, -0.15) is 0 Å². The van der Waals surface area contributed by atoms with E-state index in [0.29, 0.717) is 28.8 Å². The summed E-state index contributed by atoms with van der Waals surface area (Å²) >= 11 is 0. The van der Waals surface area contributed by atoms with E-state index in [9.17, 15) is 9.59 Å². The third-order valence-corrected chi connectivity index (χ3v) is 3.69. The number of aromatic carboxylic acids is 1. The molecule has 0 atom stereocenters. The molecular formula is C18H16N2O3. The molecule has 0 saturated carbocycles. The van der Waals surface area contributed by atoms with E-state index in [1.807, 2.05) is 25.1 Å². The summed E-state index contributed by atoms with van der Waals surface area (Å²) in [5.74, 6) is -0.311. The van der Waals surface area contributed by atoms with Gasteiger partial charge in [-0.1, -0.05) is 19.1 Å². The largest absolute Gasteiger partial charge is 0.478 e. The number of carbonyl (C=O) groups is 1. The van der Waals surface area contributed by atoms with Gasteiger partial charge in [-0.3, -0.25) is 9.36 Å². The Kier molecular flexibility index (Phi) is 3.93. The van der Waals surface area contributed by atoms with Gasteiger partial charge in [0.15, 0.2) is 0 Å². The number of benzene rings is 2. The summed E-state index contributed by atoms with van der Waals surface area (Å²) in [5.41, 5.74) is 1.36. The summed E-state index contributed by atoms with van der Waals surface area (Å²) in [6.07, 6.45) is 1.53. The number of rotatable bonds is 4. The second kappa shape index (κ2) is 6.04. The molecule has 0 amide bonds. The molecule has 0 bridgehead atoms. The minimum absolute atomic E-state index is 0.137. The molecule has 3 aromatic rings. The van der Waals surface area contributed by atoms with Gasteiger partial charge in [-0.25, -0.2) is 9.78 Å². The fourth-order valence-electron chi connectivity index (χ4n) is 2.59. The summed E-state index contributed by atoms with van der Waals surface area (Å²) in [6.45, 7) is 2.03. The average Bonchev–Trinajstić information content (AvgIpc) is 2.56. The molecule has 0 saturated heterocycles. The van der Waals surface area contributed by atoms with Crippen LogP contribution in [0, 0.1) is 0 Å². The fourth-order valence-corrected chi connectivity index (χ4v) is 2.59. The Morgan fingerprint density at radius 1 is 1.13 bits per heavy atom. The molecule has 5 nitrogen and oxygen atoms in total. The van der Waals surface area contributed by atoms with Gasteiger partial charge in [0.25, 0.3) is 5.56 Å². The van der Waals surface area contributed by atoms with E-state index in [1.54, 1.807) is 22.8 Å². The van der Waals surface area contributed by atoms with Crippen molar-refractivity contribution in [2.24, 2.45) is 0 Å². The average molecular weight is 308 g/mol. The monoisotopic (exact) mass is 308 g/mol. The molecule has 3 rings (SSSR count). The van der Waals surface area contributed by atoms with Gasteiger partial charge in [0.05, 0.1) is 22.2 Å². The molecule has 0 unspecified atom stereocenters. The van der Waals surface area contributed by atoms with E-state index in [-0.39, 0.29) is 11.1 Å². The second-order valence-electron chi connectivity index (χ2n) is 5.29. The lowest BCUT2D eigenvalue weighted by atomic mass is 10.2. The van der Waals surface area contributed by atoms with Crippen LogP contribution in [0.15, 0.2) is 53.3 Å². The summed E-state index contributed by atoms with van der Waals surface area (Å²) in [4.78, 5) is 28.4. The van der Waals surface area contributed by atoms with E-state index in [4.69, 9.17) is 5.11 Å². The molecule has 0 fully saturated rings. The predicted octanol–water partition coefficient (Wildman–Crippen LogP) is 3.04. The Morgan fingerprint density at radius 2 is 1.83 bits per heavy atom. The summed E-state index contributed by atoms with van der Waals surface area (Å²) in [7, 11) is 0. The zero-order valence-corrected chi connectivity index (χ0v) is 12.7. The standard InChI is InChI=1S/C18H16N2O3/c1-2-5-16-19-15-7-4-3-6-14(15)17(21)20(16)13-10-8-12(9-11-13)18(22)23/h3-4,6-11H,2,5H2,1H3,(H,22,23). The van der Waals surface area contributed by atoms with Crippen molar-refractivity contribution in [1.82, 2.24) is 9.55 Å². The SMILES string of the molecule is CCCc1nc2ccccc2c(=O)n1-c1ccc(C(=O)O)cc1. The van der Waals surface area contributed by atoms with Gasteiger partial charge >= 0.3 is 5.97 Å². The highest BCUT2D eigenvalue weighted by molar-refractivity contribution is 5.87. The van der Waals surface area contributed by atoms with Crippen molar-refractivity contribution in [3.8, 4) is 5.69 Å². The highest BCUT2D eigenvalue weighted by Gasteiger charge is 2.12. The van der Waals surface area contributed by atoms with Crippen LogP contribution in [-0.4, -0.2) is 20.6 Å². The minimum Gasteiger partial charge on any atom is -0.478 e. The molecule has 0 aliphatic carbocycles. The van der Waals surface area contributed by atoms with E-state index >= 15 is 0 Å². The normalized spacial score (nSPS) is 10.8. The molecule has 1 heterocycles. The number of para-hydroxylation sites is 1. The fraction of sp³-hybridized carbons (Fsp3) is 0.167. The first-order valence-electron chi connectivity index (χ1n) is 7.46. The maximum absolute atomic E-state index is 12.8. The van der Waals surface area contributed by atoms with E-state index < -0.39 is 5.97 Å². The molecule has 0 radical (unpaired) electrons. The van der Waals surface area contributed by atoms with E-state index in [0.717, 1.165) is 6.42 Å². The van der Waals surface area contributed by atoms with Crippen molar-refractivity contribution in [2.45, 2.75) is 19.8 Å². The summed E-state index contributed by atoms with van der Waals surface area (Å²) in [6, 6.07) is 13.5. The first-order valence-corrected chi connectivity index (χ1v) is 7.46. The smallest absolute Gasteiger partial charge is 0.335 e. The van der Waals surface area contributed by atoms with Crippen LogP contribution in [0.3, 0.4) is 0 Å². The molecule has 0 aliphatic heterocycles. The Labute approximate surface area is 132 Å². The van der Waals surface area contributed by atoms with Gasteiger partial charge in [0, 0.05) is 6.42 Å². The van der Waals surface area contributed by atoms with Gasteiger partial charge in [0.2, 0.25) is 0 Å². The molecule has 5 heteroatoms. The van der Waals surface area contributed by atoms with Crippen molar-refractivity contribution >= 4 is 16.9 Å². The highest BCUT2D eigenvalue weighted by Crippen LogP contribution is 2.15. The molecular weight excluding hydrogens is 292 g/mol. The lowest BCUT2D eigenvalue weighted by Crippen LogP contribution is -2.24. The number of carboxylic acid groups (broad SMARTS) is 1. The number of carboxylic acids is 1. The number of aromatic nitrogens is 2. The lowest BCUT2D eigenvalue weighted by molar-refractivity contribution is 0.0697. The first-order chi connectivity index (χ1) is 11.1. The van der Waals surface area contributed by atoms with Crippen LogP contribution in [-0.2, 0) is 6.42 Å². The van der Waals surface area contributed by atoms with Crippen molar-refractivity contribution in [2.75, 3.05) is 0 Å². The highest BCUT2D eigenvalue weighted by atomic mass is 16.4. The minimum atomic E-state index is -0.991. The lowest BCUT2D eigenvalue weighted by Gasteiger charge is -2.13. The Morgan fingerprint density at radius 3 is 2.48 bits per heavy atom. The molecule has 1 N–H and O–H groups in total. The Hall–Kier alpha value is -2.95. The maximum atomic E-state index is 12.8. The van der Waals surface area contributed by atoms with Crippen LogP contribution in [0.4, 0.5) is 0 Å². The quantitative estimate of drug-likeness (QED) is 0.804. The van der Waals surface area contributed by atoms with Gasteiger partial charge in [0.1, 0.15) is 5.82 Å². The third kappa shape index (κ3) is 2.73.